The molecule has 1 amide bonds. The number of nitrogens with one attached hydrogen (secondary N) is 1. The van der Waals surface area contributed by atoms with Gasteiger partial charge in [-0.3, -0.25) is 9.69 Å². The number of anilines is 1. The molecule has 8 nitrogen and oxygen atoms in total. The van der Waals surface area contributed by atoms with Gasteiger partial charge in [0.25, 0.3) is 0 Å². The van der Waals surface area contributed by atoms with Crippen molar-refractivity contribution < 1.29 is 24.1 Å². The lowest BCUT2D eigenvalue weighted by atomic mass is 9.94. The first-order chi connectivity index (χ1) is 17.0. The lowest BCUT2D eigenvalue weighted by Gasteiger charge is -2.20. The third kappa shape index (κ3) is 5.00. The van der Waals surface area contributed by atoms with Crippen LogP contribution in [0.4, 0.5) is 5.13 Å². The molecule has 1 fully saturated rings. The number of carbonyl (C=O) groups is 1. The van der Waals surface area contributed by atoms with Crippen molar-refractivity contribution in [3.63, 3.8) is 0 Å². The number of ether oxygens (including phenoxy) is 3. The summed E-state index contributed by atoms with van der Waals surface area (Å²) in [6, 6.07) is 13.2. The summed E-state index contributed by atoms with van der Waals surface area (Å²) in [6.45, 7) is 1.09. The number of amides is 1. The van der Waals surface area contributed by atoms with Crippen molar-refractivity contribution in [1.29, 1.82) is 0 Å². The zero-order valence-corrected chi connectivity index (χ0v) is 20.8. The van der Waals surface area contributed by atoms with Crippen molar-refractivity contribution in [2.45, 2.75) is 24.4 Å². The molecule has 2 N–H and O–H groups in total. The topological polar surface area (TPSA) is 93.2 Å². The van der Waals surface area contributed by atoms with Crippen LogP contribution in [-0.2, 0) is 14.9 Å². The lowest BCUT2D eigenvalue weighted by molar-refractivity contribution is -0.118. The van der Waals surface area contributed by atoms with E-state index < -0.39 is 11.5 Å². The number of likely N-dealkylation sites (N-methyl/N-ethyl adjacent to an activating group) is 1. The fraction of sp³-hybridized carbons (Fsp3) is 0.360. The fourth-order valence-electron chi connectivity index (χ4n) is 4.06. The summed E-state index contributed by atoms with van der Waals surface area (Å²) in [6.07, 6.45) is 2.80. The van der Waals surface area contributed by atoms with E-state index in [0.717, 1.165) is 28.8 Å². The molecule has 2 aliphatic rings. The first kappa shape index (κ1) is 24.0. The van der Waals surface area contributed by atoms with Crippen molar-refractivity contribution in [1.82, 2.24) is 9.88 Å². The Morgan fingerprint density at radius 2 is 2.09 bits per heavy atom. The minimum absolute atomic E-state index is 0.0536. The Balaban J connectivity index is 1.32. The van der Waals surface area contributed by atoms with Crippen LogP contribution in [0.25, 0.3) is 0 Å². The van der Waals surface area contributed by atoms with Crippen LogP contribution in [0, 0.1) is 0 Å². The van der Waals surface area contributed by atoms with Crippen LogP contribution in [0.2, 0.25) is 5.02 Å². The molecule has 1 atom stereocenters. The molecular formula is C25H26ClN3O5S. The SMILES string of the molecule is CN(CO)CCOC(c1cnc(NC(=O)C2(c3ccc4c(c3)OCO4)CC2)s1)c1ccccc1Cl. The van der Waals surface area contributed by atoms with Gasteiger partial charge < -0.3 is 24.6 Å². The highest BCUT2D eigenvalue weighted by Gasteiger charge is 2.52. The van der Waals surface area contributed by atoms with E-state index in [1.807, 2.05) is 49.5 Å². The number of hydrogen-bond donors (Lipinski definition) is 2. The molecule has 0 spiro atoms. The van der Waals surface area contributed by atoms with E-state index in [1.54, 1.807) is 11.1 Å². The number of fused-ring (bicyclic) bond motifs is 1. The molecule has 1 aromatic heterocycles. The number of halogens is 1. The third-order valence-corrected chi connectivity index (χ3v) is 7.60. The summed E-state index contributed by atoms with van der Waals surface area (Å²) in [5, 5.41) is 13.3. The van der Waals surface area contributed by atoms with Gasteiger partial charge in [0.15, 0.2) is 16.6 Å². The van der Waals surface area contributed by atoms with Crippen LogP contribution in [0.3, 0.4) is 0 Å². The summed E-state index contributed by atoms with van der Waals surface area (Å²) < 4.78 is 17.1. The van der Waals surface area contributed by atoms with Gasteiger partial charge in [-0.1, -0.05) is 47.2 Å². The van der Waals surface area contributed by atoms with Crippen LogP contribution >= 0.6 is 22.9 Å². The van der Waals surface area contributed by atoms with Gasteiger partial charge in [-0.2, -0.15) is 0 Å². The third-order valence-electron chi connectivity index (χ3n) is 6.30. The van der Waals surface area contributed by atoms with Gasteiger partial charge in [0.2, 0.25) is 12.7 Å². The van der Waals surface area contributed by atoms with Gasteiger partial charge in [0, 0.05) is 23.3 Å². The van der Waals surface area contributed by atoms with Crippen molar-refractivity contribution in [2.24, 2.45) is 0 Å². The highest BCUT2D eigenvalue weighted by atomic mass is 35.5. The summed E-state index contributed by atoms with van der Waals surface area (Å²) >= 11 is 7.83. The first-order valence-electron chi connectivity index (χ1n) is 11.3. The minimum Gasteiger partial charge on any atom is -0.454 e. The van der Waals surface area contributed by atoms with Crippen LogP contribution in [0.5, 0.6) is 11.5 Å². The summed E-state index contributed by atoms with van der Waals surface area (Å²) in [7, 11) is 1.81. The molecule has 35 heavy (non-hydrogen) atoms. The van der Waals surface area contributed by atoms with E-state index in [0.29, 0.717) is 34.8 Å². The molecule has 1 unspecified atom stereocenters. The molecule has 1 aliphatic carbocycles. The number of benzene rings is 2. The van der Waals surface area contributed by atoms with Gasteiger partial charge in [-0.15, -0.1) is 0 Å². The van der Waals surface area contributed by atoms with Gasteiger partial charge >= 0.3 is 0 Å². The van der Waals surface area contributed by atoms with Gasteiger partial charge in [0.05, 0.1) is 23.6 Å². The minimum atomic E-state index is -0.583. The molecule has 0 bridgehead atoms. The predicted molar refractivity (Wildman–Crippen MR) is 133 cm³/mol. The summed E-state index contributed by atoms with van der Waals surface area (Å²) in [4.78, 5) is 20.3. The van der Waals surface area contributed by atoms with E-state index in [9.17, 15) is 9.90 Å². The Morgan fingerprint density at radius 1 is 1.29 bits per heavy atom. The molecule has 3 aromatic rings. The van der Waals surface area contributed by atoms with Gasteiger partial charge in [-0.25, -0.2) is 4.98 Å². The number of hydrogen-bond acceptors (Lipinski definition) is 8. The summed E-state index contributed by atoms with van der Waals surface area (Å²) in [5.74, 6) is 1.28. The second-order valence-corrected chi connectivity index (χ2v) is 10.1. The average molecular weight is 516 g/mol. The highest BCUT2D eigenvalue weighted by molar-refractivity contribution is 7.15. The van der Waals surface area contributed by atoms with Crippen molar-refractivity contribution in [2.75, 3.05) is 39.0 Å². The Morgan fingerprint density at radius 3 is 2.86 bits per heavy atom. The Hall–Kier alpha value is -2.69. The lowest BCUT2D eigenvalue weighted by Crippen LogP contribution is -2.27. The van der Waals surface area contributed by atoms with Crippen LogP contribution in [0.15, 0.2) is 48.7 Å². The highest BCUT2D eigenvalue weighted by Crippen LogP contribution is 2.51. The maximum atomic E-state index is 13.3. The quantitative estimate of drug-likeness (QED) is 0.391. The second kappa shape index (κ2) is 10.1. The normalized spacial score (nSPS) is 16.3. The molecule has 2 aromatic carbocycles. The number of thiazole rings is 1. The zero-order chi connectivity index (χ0) is 24.4. The Kier molecular flexibility index (Phi) is 6.95. The molecule has 184 valence electrons. The fourth-order valence-corrected chi connectivity index (χ4v) is 5.17. The van der Waals surface area contributed by atoms with E-state index in [1.165, 1.54) is 11.3 Å². The molecule has 2 heterocycles. The van der Waals surface area contributed by atoms with Crippen LogP contribution < -0.4 is 14.8 Å². The predicted octanol–water partition coefficient (Wildman–Crippen LogP) is 4.18. The number of nitrogens with zero attached hydrogens (tertiary/aromatic N) is 2. The van der Waals surface area contributed by atoms with E-state index in [-0.39, 0.29) is 19.4 Å². The second-order valence-electron chi connectivity index (χ2n) is 8.67. The van der Waals surface area contributed by atoms with Crippen LogP contribution in [0.1, 0.15) is 34.9 Å². The molecule has 1 saturated carbocycles. The maximum absolute atomic E-state index is 13.3. The van der Waals surface area contributed by atoms with Crippen molar-refractivity contribution in [3.05, 3.63) is 69.7 Å². The monoisotopic (exact) mass is 515 g/mol. The number of rotatable bonds is 10. The molecule has 5 rings (SSSR count). The molecular weight excluding hydrogens is 490 g/mol. The van der Waals surface area contributed by atoms with Gasteiger partial charge in [-0.05, 0) is 43.7 Å². The molecule has 10 heteroatoms. The average Bonchev–Trinajstić information content (AvgIpc) is 3.33. The Bertz CT molecular complexity index is 1220. The number of aliphatic hydroxyl groups excluding tert-OH is 1. The van der Waals surface area contributed by atoms with Crippen molar-refractivity contribution >= 4 is 34.0 Å². The van der Waals surface area contributed by atoms with Gasteiger partial charge in [0.1, 0.15) is 6.10 Å². The summed E-state index contributed by atoms with van der Waals surface area (Å²) in [5.41, 5.74) is 1.16. The van der Waals surface area contributed by atoms with Crippen molar-refractivity contribution in [3.8, 4) is 11.5 Å². The molecule has 1 aliphatic heterocycles. The molecule has 0 saturated heterocycles. The largest absolute Gasteiger partial charge is 0.454 e. The number of aliphatic hydroxyl groups is 1. The molecule has 0 radical (unpaired) electrons. The zero-order valence-electron chi connectivity index (χ0n) is 19.2. The van der Waals surface area contributed by atoms with Crippen LogP contribution in [-0.4, -0.2) is 54.6 Å². The Labute approximate surface area is 212 Å². The maximum Gasteiger partial charge on any atom is 0.236 e. The number of aromatic nitrogens is 1. The first-order valence-corrected chi connectivity index (χ1v) is 12.5. The smallest absolute Gasteiger partial charge is 0.236 e. The van der Waals surface area contributed by atoms with E-state index >= 15 is 0 Å². The van der Waals surface area contributed by atoms with E-state index in [2.05, 4.69) is 10.3 Å². The standard InChI is InChI=1S/C25H26ClN3O5S/c1-29(14-30)10-11-32-22(17-4-2-3-5-18(17)26)21-13-27-24(35-21)28-23(31)25(8-9-25)16-6-7-19-20(12-16)34-15-33-19/h2-7,12-13,22,30H,8-11,14-15H2,1H3,(H,27,28,31). The number of carbonyl (C=O) groups excluding carboxylic acids is 1. The van der Waals surface area contributed by atoms with E-state index in [4.69, 9.17) is 25.8 Å².